The number of piperazine rings is 1. The van der Waals surface area contributed by atoms with Crippen molar-refractivity contribution in [3.8, 4) is 23.2 Å². The second-order valence-electron chi connectivity index (χ2n) is 10.8. The first-order valence-electron chi connectivity index (χ1n) is 14.5. The van der Waals surface area contributed by atoms with Crippen LogP contribution in [-0.4, -0.2) is 108 Å². The quantitative estimate of drug-likeness (QED) is 0.399. The molecular weight excluding hydrogens is 553 g/mol. The molecule has 1 aromatic heterocycles. The summed E-state index contributed by atoms with van der Waals surface area (Å²) in [4.78, 5) is 31.2. The van der Waals surface area contributed by atoms with Crippen LogP contribution in [0.5, 0.6) is 5.75 Å². The number of ether oxygens (including phenoxy) is 2. The van der Waals surface area contributed by atoms with Crippen LogP contribution in [0.4, 0.5) is 21.7 Å². The number of piperidine rings is 1. The molecule has 0 saturated carbocycles. The van der Waals surface area contributed by atoms with Crippen molar-refractivity contribution in [1.82, 2.24) is 24.8 Å². The van der Waals surface area contributed by atoms with Crippen LogP contribution in [0.2, 0.25) is 0 Å². The van der Waals surface area contributed by atoms with Crippen molar-refractivity contribution in [2.45, 2.75) is 24.7 Å². The summed E-state index contributed by atoms with van der Waals surface area (Å²) in [6, 6.07) is 15.8. The van der Waals surface area contributed by atoms with Crippen molar-refractivity contribution in [2.24, 2.45) is 5.73 Å². The number of nitriles is 1. The highest BCUT2D eigenvalue weighted by molar-refractivity contribution is 5.78. The third-order valence-corrected chi connectivity index (χ3v) is 8.16. The lowest BCUT2D eigenvalue weighted by Crippen LogP contribution is -2.56. The van der Waals surface area contributed by atoms with E-state index in [1.54, 1.807) is 18.2 Å². The third kappa shape index (κ3) is 6.51. The van der Waals surface area contributed by atoms with Gasteiger partial charge in [0.25, 0.3) is 0 Å². The number of amides is 1. The maximum atomic E-state index is 14.8. The Hall–Kier alpha value is -4.38. The van der Waals surface area contributed by atoms with Gasteiger partial charge >= 0.3 is 0 Å². The number of nitrogens with one attached hydrogen (secondary N) is 1. The van der Waals surface area contributed by atoms with Gasteiger partial charge in [-0.2, -0.15) is 10.2 Å². The van der Waals surface area contributed by atoms with Crippen LogP contribution in [0.1, 0.15) is 12.0 Å². The molecule has 6 rings (SSSR count). The van der Waals surface area contributed by atoms with Gasteiger partial charge in [0.15, 0.2) is 12.0 Å². The molecule has 4 heterocycles. The number of rotatable bonds is 8. The Bertz CT molecular complexity index is 1470. The van der Waals surface area contributed by atoms with E-state index < -0.39 is 12.3 Å². The Kier molecular flexibility index (Phi) is 8.59. The summed E-state index contributed by atoms with van der Waals surface area (Å²) in [6.45, 7) is 5.84. The van der Waals surface area contributed by atoms with Crippen molar-refractivity contribution in [3.63, 3.8) is 0 Å². The normalized spacial score (nSPS) is 21.1. The molecule has 3 fully saturated rings. The highest BCUT2D eigenvalue weighted by atomic mass is 19.1. The summed E-state index contributed by atoms with van der Waals surface area (Å²) in [7, 11) is 0. The van der Waals surface area contributed by atoms with Gasteiger partial charge in [-0.05, 0) is 42.5 Å². The smallest absolute Gasteiger partial charge is 0.236 e. The van der Waals surface area contributed by atoms with Crippen LogP contribution in [0.25, 0.3) is 11.4 Å². The van der Waals surface area contributed by atoms with Gasteiger partial charge in [0.05, 0.1) is 37.9 Å². The maximum absolute atomic E-state index is 14.8. The number of alkyl halides is 1. The van der Waals surface area contributed by atoms with Gasteiger partial charge in [0.1, 0.15) is 24.3 Å². The number of hydrogen-bond donors (Lipinski definition) is 2. The van der Waals surface area contributed by atoms with Gasteiger partial charge in [0, 0.05) is 56.1 Å². The van der Waals surface area contributed by atoms with E-state index in [-0.39, 0.29) is 30.3 Å². The highest BCUT2D eigenvalue weighted by Crippen LogP contribution is 2.29. The number of benzene rings is 2. The standard InChI is InChI=1S/C30H34FN9O3/c31-25-16-40(28(41)15-33)8-7-27(25)43-26-6-1-20(13-21(26)14-32)29-34-19-35-30(37-29)36-22-2-4-23(5-3-22)38-9-11-39(12-10-38)24-17-42-18-24/h1-6,13,19,24-25,27H,7-12,15-18,33H2,(H,34,35,36,37). The molecule has 13 heteroatoms. The van der Waals surface area contributed by atoms with Crippen molar-refractivity contribution >= 4 is 23.2 Å². The molecule has 0 radical (unpaired) electrons. The fraction of sp³-hybridized carbons (Fsp3) is 0.433. The van der Waals surface area contributed by atoms with E-state index in [9.17, 15) is 14.4 Å². The van der Waals surface area contributed by atoms with Crippen molar-refractivity contribution in [2.75, 3.05) is 69.2 Å². The number of aromatic nitrogens is 3. The minimum absolute atomic E-state index is 0.0857. The zero-order valence-corrected chi connectivity index (χ0v) is 23.7. The first kappa shape index (κ1) is 28.7. The van der Waals surface area contributed by atoms with Gasteiger partial charge in [0.2, 0.25) is 11.9 Å². The molecule has 0 spiro atoms. The molecule has 3 saturated heterocycles. The summed E-state index contributed by atoms with van der Waals surface area (Å²) in [5.41, 5.74) is 8.24. The van der Waals surface area contributed by atoms with E-state index in [1.165, 1.54) is 16.9 Å². The predicted molar refractivity (Wildman–Crippen MR) is 158 cm³/mol. The number of carbonyl (C=O) groups excluding carboxylic acids is 1. The molecule has 2 atom stereocenters. The van der Waals surface area contributed by atoms with Gasteiger partial charge in [-0.1, -0.05) is 0 Å². The molecule has 2 unspecified atom stereocenters. The molecule has 1 amide bonds. The number of halogens is 1. The summed E-state index contributed by atoms with van der Waals surface area (Å²) < 4.78 is 26.0. The van der Waals surface area contributed by atoms with Crippen molar-refractivity contribution in [3.05, 3.63) is 54.4 Å². The molecule has 224 valence electrons. The summed E-state index contributed by atoms with van der Waals surface area (Å²) in [5.74, 6) is 0.718. The van der Waals surface area contributed by atoms with Gasteiger partial charge in [-0.3, -0.25) is 9.69 Å². The molecule has 3 aliphatic heterocycles. The topological polar surface area (TPSA) is 146 Å². The Morgan fingerprint density at radius 3 is 2.58 bits per heavy atom. The molecule has 2 aromatic carbocycles. The fourth-order valence-electron chi connectivity index (χ4n) is 5.55. The Balaban J connectivity index is 1.08. The number of anilines is 3. The Morgan fingerprint density at radius 2 is 1.91 bits per heavy atom. The molecule has 3 aromatic rings. The van der Waals surface area contributed by atoms with E-state index >= 15 is 0 Å². The number of nitrogens with zero attached hydrogens (tertiary/aromatic N) is 7. The van der Waals surface area contributed by atoms with Crippen LogP contribution in [0.3, 0.4) is 0 Å². The lowest BCUT2D eigenvalue weighted by atomic mass is 10.0. The van der Waals surface area contributed by atoms with E-state index in [1.807, 2.05) is 12.1 Å². The molecule has 12 nitrogen and oxygen atoms in total. The molecule has 0 aliphatic carbocycles. The maximum Gasteiger partial charge on any atom is 0.236 e. The minimum Gasteiger partial charge on any atom is -0.486 e. The lowest BCUT2D eigenvalue weighted by Gasteiger charge is -2.43. The SMILES string of the molecule is N#Cc1cc(-c2ncnc(Nc3ccc(N4CCN(C5COC5)CC4)cc3)n2)ccc1OC1CCN(C(=O)CN)CC1F. The molecule has 43 heavy (non-hydrogen) atoms. The van der Waals surface area contributed by atoms with E-state index in [0.717, 1.165) is 45.1 Å². The van der Waals surface area contributed by atoms with Gasteiger partial charge < -0.3 is 30.3 Å². The molecule has 3 N–H and O–H groups in total. The van der Waals surface area contributed by atoms with Crippen LogP contribution in [-0.2, 0) is 9.53 Å². The minimum atomic E-state index is -1.39. The number of nitrogens with two attached hydrogens (primary N) is 1. The zero-order chi connectivity index (χ0) is 29.8. The fourth-order valence-corrected chi connectivity index (χ4v) is 5.55. The van der Waals surface area contributed by atoms with Crippen molar-refractivity contribution in [1.29, 1.82) is 5.26 Å². The predicted octanol–water partition coefficient (Wildman–Crippen LogP) is 1.95. The second kappa shape index (κ2) is 12.9. The molecule has 0 bridgehead atoms. The van der Waals surface area contributed by atoms with E-state index in [4.69, 9.17) is 15.2 Å². The molecule has 3 aliphatic rings. The number of hydrogen-bond acceptors (Lipinski definition) is 11. The monoisotopic (exact) mass is 587 g/mol. The summed E-state index contributed by atoms with van der Waals surface area (Å²) >= 11 is 0. The largest absolute Gasteiger partial charge is 0.486 e. The summed E-state index contributed by atoms with van der Waals surface area (Å²) in [6.07, 6.45) is -0.451. The first-order valence-corrected chi connectivity index (χ1v) is 14.5. The summed E-state index contributed by atoms with van der Waals surface area (Å²) in [5, 5.41) is 13.0. The lowest BCUT2D eigenvalue weighted by molar-refractivity contribution is -0.133. The number of carbonyl (C=O) groups is 1. The van der Waals surface area contributed by atoms with E-state index in [0.29, 0.717) is 36.3 Å². The van der Waals surface area contributed by atoms with Crippen LogP contribution in [0.15, 0.2) is 48.8 Å². The van der Waals surface area contributed by atoms with Gasteiger partial charge in [-0.15, -0.1) is 0 Å². The van der Waals surface area contributed by atoms with Crippen LogP contribution >= 0.6 is 0 Å². The average molecular weight is 588 g/mol. The highest BCUT2D eigenvalue weighted by Gasteiger charge is 2.33. The molecular formula is C30H34FN9O3. The zero-order valence-electron chi connectivity index (χ0n) is 23.7. The second-order valence-corrected chi connectivity index (χ2v) is 10.8. The van der Waals surface area contributed by atoms with Gasteiger partial charge in [-0.25, -0.2) is 14.4 Å². The van der Waals surface area contributed by atoms with Crippen LogP contribution < -0.4 is 20.7 Å². The Labute approximate surface area is 249 Å². The third-order valence-electron chi connectivity index (χ3n) is 8.16. The average Bonchev–Trinajstić information content (AvgIpc) is 3.02. The van der Waals surface area contributed by atoms with Crippen LogP contribution in [0, 0.1) is 11.3 Å². The first-order chi connectivity index (χ1) is 21.0. The Morgan fingerprint density at radius 1 is 1.12 bits per heavy atom. The van der Waals surface area contributed by atoms with Crippen molar-refractivity contribution < 1.29 is 18.7 Å². The van der Waals surface area contributed by atoms with E-state index in [2.05, 4.69) is 48.3 Å². The number of likely N-dealkylation sites (tertiary alicyclic amines) is 1.